The zero-order chi connectivity index (χ0) is 15.8. The molecule has 0 saturated carbocycles. The Morgan fingerprint density at radius 2 is 1.81 bits per heavy atom. The maximum Gasteiger partial charge on any atom is 0.321 e. The van der Waals surface area contributed by atoms with Crippen molar-refractivity contribution in [3.8, 4) is 0 Å². The van der Waals surface area contributed by atoms with E-state index in [1.165, 1.54) is 12.1 Å². The van der Waals surface area contributed by atoms with E-state index in [1.54, 1.807) is 19.1 Å². The maximum atomic E-state index is 13.0. The lowest BCUT2D eigenvalue weighted by atomic mass is 9.96. The Morgan fingerprint density at radius 3 is 2.33 bits per heavy atom. The van der Waals surface area contributed by atoms with E-state index in [4.69, 9.17) is 0 Å². The van der Waals surface area contributed by atoms with Gasteiger partial charge in [0.2, 0.25) is 5.91 Å². The molecule has 0 unspecified atom stereocenters. The second kappa shape index (κ2) is 8.36. The fourth-order valence-electron chi connectivity index (χ4n) is 1.99. The Balaban J connectivity index is 2.58. The zero-order valence-corrected chi connectivity index (χ0v) is 12.6. The number of hydrogen-bond donors (Lipinski definition) is 3. The Morgan fingerprint density at radius 1 is 1.19 bits per heavy atom. The summed E-state index contributed by atoms with van der Waals surface area (Å²) in [5.41, 5.74) is 0.900. The molecule has 6 heteroatoms. The van der Waals surface area contributed by atoms with Crippen molar-refractivity contribution in [2.45, 2.75) is 26.8 Å². The molecule has 0 saturated heterocycles. The zero-order valence-electron chi connectivity index (χ0n) is 12.6. The number of rotatable bonds is 6. The van der Waals surface area contributed by atoms with Gasteiger partial charge in [0.25, 0.3) is 0 Å². The number of imide groups is 1. The minimum atomic E-state index is -0.507. The van der Waals surface area contributed by atoms with Crippen LogP contribution in [0.2, 0.25) is 0 Å². The maximum absolute atomic E-state index is 13.0. The quantitative estimate of drug-likeness (QED) is 0.751. The lowest BCUT2D eigenvalue weighted by Crippen LogP contribution is -2.44. The number of benzene rings is 1. The highest BCUT2D eigenvalue weighted by Crippen LogP contribution is 2.21. The SMILES string of the molecule is CCNC(=O)NC(=O)CN[C@@H](c1ccc(F)cc1)C(C)C. The fraction of sp³-hybridized carbons (Fsp3) is 0.467. The van der Waals surface area contributed by atoms with Crippen molar-refractivity contribution in [2.24, 2.45) is 5.92 Å². The normalized spacial score (nSPS) is 12.0. The van der Waals surface area contributed by atoms with Crippen molar-refractivity contribution in [2.75, 3.05) is 13.1 Å². The van der Waals surface area contributed by atoms with Gasteiger partial charge in [0, 0.05) is 12.6 Å². The van der Waals surface area contributed by atoms with Crippen LogP contribution in [-0.2, 0) is 4.79 Å². The van der Waals surface area contributed by atoms with Gasteiger partial charge in [0.05, 0.1) is 6.54 Å². The van der Waals surface area contributed by atoms with Crippen LogP contribution in [0.5, 0.6) is 0 Å². The first-order valence-corrected chi connectivity index (χ1v) is 7.00. The van der Waals surface area contributed by atoms with Crippen LogP contribution in [0.3, 0.4) is 0 Å². The summed E-state index contributed by atoms with van der Waals surface area (Å²) in [5, 5.41) is 7.80. The van der Waals surface area contributed by atoms with Crippen molar-refractivity contribution in [1.82, 2.24) is 16.0 Å². The molecular weight excluding hydrogens is 273 g/mol. The number of hydrogen-bond acceptors (Lipinski definition) is 3. The Bertz CT molecular complexity index is 474. The summed E-state index contributed by atoms with van der Waals surface area (Å²) < 4.78 is 13.0. The largest absolute Gasteiger partial charge is 0.338 e. The first-order chi connectivity index (χ1) is 9.93. The molecule has 5 nitrogen and oxygen atoms in total. The van der Waals surface area contributed by atoms with E-state index in [2.05, 4.69) is 16.0 Å². The van der Waals surface area contributed by atoms with Crippen LogP contribution in [0.1, 0.15) is 32.4 Å². The predicted octanol–water partition coefficient (Wildman–Crippen LogP) is 1.96. The molecular formula is C15H22FN3O2. The lowest BCUT2D eigenvalue weighted by molar-refractivity contribution is -0.119. The van der Waals surface area contributed by atoms with Gasteiger partial charge in [-0.1, -0.05) is 26.0 Å². The number of nitrogens with one attached hydrogen (secondary N) is 3. The minimum Gasteiger partial charge on any atom is -0.338 e. The third-order valence-electron chi connectivity index (χ3n) is 2.97. The molecule has 0 radical (unpaired) electrons. The topological polar surface area (TPSA) is 70.2 Å². The van der Waals surface area contributed by atoms with E-state index in [9.17, 15) is 14.0 Å². The van der Waals surface area contributed by atoms with Crippen LogP contribution >= 0.6 is 0 Å². The van der Waals surface area contributed by atoms with Crippen molar-refractivity contribution in [3.63, 3.8) is 0 Å². The molecule has 21 heavy (non-hydrogen) atoms. The number of carbonyl (C=O) groups is 2. The Kier molecular flexibility index (Phi) is 6.81. The van der Waals surface area contributed by atoms with E-state index in [0.29, 0.717) is 6.54 Å². The van der Waals surface area contributed by atoms with Crippen LogP contribution in [0.15, 0.2) is 24.3 Å². The molecule has 0 fully saturated rings. The third kappa shape index (κ3) is 5.91. The highest BCUT2D eigenvalue weighted by atomic mass is 19.1. The molecule has 116 valence electrons. The monoisotopic (exact) mass is 295 g/mol. The van der Waals surface area contributed by atoms with Gasteiger partial charge in [-0.15, -0.1) is 0 Å². The Labute approximate surface area is 124 Å². The van der Waals surface area contributed by atoms with Crippen LogP contribution in [0.4, 0.5) is 9.18 Å². The molecule has 0 aliphatic heterocycles. The third-order valence-corrected chi connectivity index (χ3v) is 2.97. The highest BCUT2D eigenvalue weighted by molar-refractivity contribution is 5.95. The second-order valence-electron chi connectivity index (χ2n) is 5.06. The molecule has 1 aromatic carbocycles. The van der Waals surface area contributed by atoms with Crippen molar-refractivity contribution < 1.29 is 14.0 Å². The van der Waals surface area contributed by atoms with Gasteiger partial charge in [-0.2, -0.15) is 0 Å². The molecule has 0 heterocycles. The first-order valence-electron chi connectivity index (χ1n) is 7.00. The second-order valence-corrected chi connectivity index (χ2v) is 5.06. The van der Waals surface area contributed by atoms with Gasteiger partial charge < -0.3 is 10.6 Å². The molecule has 0 aliphatic carbocycles. The summed E-state index contributed by atoms with van der Waals surface area (Å²) in [6.07, 6.45) is 0. The molecule has 1 aromatic rings. The summed E-state index contributed by atoms with van der Waals surface area (Å²) >= 11 is 0. The van der Waals surface area contributed by atoms with Gasteiger partial charge in [-0.3, -0.25) is 10.1 Å². The summed E-state index contributed by atoms with van der Waals surface area (Å²) in [6, 6.07) is 5.56. The lowest BCUT2D eigenvalue weighted by Gasteiger charge is -2.22. The van der Waals surface area contributed by atoms with E-state index in [1.807, 2.05) is 13.8 Å². The molecule has 0 aliphatic rings. The average molecular weight is 295 g/mol. The van der Waals surface area contributed by atoms with E-state index < -0.39 is 11.9 Å². The van der Waals surface area contributed by atoms with Crippen LogP contribution in [-0.4, -0.2) is 25.0 Å². The summed E-state index contributed by atoms with van der Waals surface area (Å²) in [5.74, 6) is -0.489. The highest BCUT2D eigenvalue weighted by Gasteiger charge is 2.17. The van der Waals surface area contributed by atoms with E-state index in [-0.39, 0.29) is 24.3 Å². The minimum absolute atomic E-state index is 0.0113. The number of amides is 3. The van der Waals surface area contributed by atoms with Gasteiger partial charge in [-0.25, -0.2) is 9.18 Å². The fourth-order valence-corrected chi connectivity index (χ4v) is 1.99. The number of urea groups is 1. The van der Waals surface area contributed by atoms with E-state index >= 15 is 0 Å². The van der Waals surface area contributed by atoms with Gasteiger partial charge >= 0.3 is 6.03 Å². The molecule has 0 bridgehead atoms. The van der Waals surface area contributed by atoms with Crippen LogP contribution in [0, 0.1) is 11.7 Å². The number of halogens is 1. The smallest absolute Gasteiger partial charge is 0.321 e. The van der Waals surface area contributed by atoms with E-state index in [0.717, 1.165) is 5.56 Å². The molecule has 1 rings (SSSR count). The molecule has 3 amide bonds. The van der Waals surface area contributed by atoms with Gasteiger partial charge in [0.1, 0.15) is 5.82 Å². The van der Waals surface area contributed by atoms with Crippen molar-refractivity contribution in [1.29, 1.82) is 0 Å². The summed E-state index contributed by atoms with van der Waals surface area (Å²) in [4.78, 5) is 22.9. The summed E-state index contributed by atoms with van der Waals surface area (Å²) in [6.45, 7) is 6.24. The van der Waals surface area contributed by atoms with Gasteiger partial charge in [-0.05, 0) is 30.5 Å². The first kappa shape index (κ1) is 17.1. The number of carbonyl (C=O) groups excluding carboxylic acids is 2. The van der Waals surface area contributed by atoms with Crippen molar-refractivity contribution >= 4 is 11.9 Å². The average Bonchev–Trinajstić information content (AvgIpc) is 2.40. The van der Waals surface area contributed by atoms with Gasteiger partial charge in [0.15, 0.2) is 0 Å². The Hall–Kier alpha value is -1.95. The van der Waals surface area contributed by atoms with Crippen LogP contribution < -0.4 is 16.0 Å². The van der Waals surface area contributed by atoms with Crippen LogP contribution in [0.25, 0.3) is 0 Å². The summed E-state index contributed by atoms with van der Waals surface area (Å²) in [7, 11) is 0. The molecule has 0 spiro atoms. The van der Waals surface area contributed by atoms with Crippen molar-refractivity contribution in [3.05, 3.63) is 35.6 Å². The predicted molar refractivity (Wildman–Crippen MR) is 79.2 cm³/mol. The molecule has 3 N–H and O–H groups in total. The standard InChI is InChI=1S/C15H22FN3O2/c1-4-17-15(21)19-13(20)9-18-14(10(2)3)11-5-7-12(16)8-6-11/h5-8,10,14,18H,4,9H2,1-3H3,(H2,17,19,20,21)/t14-/m1/s1. The molecule has 0 aromatic heterocycles. The molecule has 1 atom stereocenters.